The summed E-state index contributed by atoms with van der Waals surface area (Å²) in [5.41, 5.74) is 24.8. The fourth-order valence-electron chi connectivity index (χ4n) is 9.82. The lowest BCUT2D eigenvalue weighted by Crippen LogP contribution is -2.58. The maximum absolute atomic E-state index is 10.2. The second-order valence-corrected chi connectivity index (χ2v) is 16.2. The van der Waals surface area contributed by atoms with Crippen LogP contribution in [0.25, 0.3) is 38.6 Å². The first-order valence-corrected chi connectivity index (χ1v) is 20.0. The Morgan fingerprint density at radius 1 is 0.448 bits per heavy atom. The second-order valence-electron chi connectivity index (χ2n) is 16.2. The normalized spacial score (nSPS) is 11.2. The summed E-state index contributed by atoms with van der Waals surface area (Å²) in [6.07, 6.45) is 0. The highest BCUT2D eigenvalue weighted by Crippen LogP contribution is 2.38. The van der Waals surface area contributed by atoms with Crippen molar-refractivity contribution in [1.29, 1.82) is 10.5 Å². The molecule has 0 atom stereocenters. The molecular formula is C52H52BN3O2. The predicted octanol–water partition coefficient (Wildman–Crippen LogP) is 10.4. The minimum atomic E-state index is -0.100. The zero-order valence-electron chi connectivity index (χ0n) is 36.5. The molecule has 7 aromatic rings. The predicted molar refractivity (Wildman–Crippen MR) is 243 cm³/mol. The molecule has 7 rings (SSSR count). The molecule has 58 heavy (non-hydrogen) atoms. The van der Waals surface area contributed by atoms with Crippen molar-refractivity contribution >= 4 is 44.9 Å². The molecule has 0 N–H and O–H groups in total. The van der Waals surface area contributed by atoms with Crippen LogP contribution in [0.4, 0.5) is 0 Å². The van der Waals surface area contributed by atoms with E-state index in [-0.39, 0.29) is 6.71 Å². The number of methoxy groups -OCH3 is 2. The highest BCUT2D eigenvalue weighted by molar-refractivity contribution is 6.97. The smallest absolute Gasteiger partial charge is 0.243 e. The Kier molecular flexibility index (Phi) is 10.3. The number of aromatic nitrogens is 1. The van der Waals surface area contributed by atoms with Gasteiger partial charge in [0.15, 0.2) is 0 Å². The van der Waals surface area contributed by atoms with Gasteiger partial charge < -0.3 is 14.0 Å². The summed E-state index contributed by atoms with van der Waals surface area (Å²) in [7, 11) is 3.40. The summed E-state index contributed by atoms with van der Waals surface area (Å²) in [4.78, 5) is 0. The van der Waals surface area contributed by atoms with Gasteiger partial charge in [0.1, 0.15) is 11.5 Å². The minimum absolute atomic E-state index is 0.100. The lowest BCUT2D eigenvalue weighted by molar-refractivity contribution is 0.415. The lowest BCUT2D eigenvalue weighted by Gasteiger charge is -2.32. The van der Waals surface area contributed by atoms with Crippen molar-refractivity contribution in [2.45, 2.75) is 83.1 Å². The van der Waals surface area contributed by atoms with Crippen LogP contribution in [0, 0.1) is 106 Å². The topological polar surface area (TPSA) is 71.0 Å². The first kappa shape index (κ1) is 40.0. The maximum atomic E-state index is 10.2. The van der Waals surface area contributed by atoms with Crippen LogP contribution in [0.5, 0.6) is 11.5 Å². The van der Waals surface area contributed by atoms with E-state index in [9.17, 15) is 10.5 Å². The molecule has 290 valence electrons. The van der Waals surface area contributed by atoms with E-state index < -0.39 is 0 Å². The average molecular weight is 762 g/mol. The maximum Gasteiger partial charge on any atom is 0.243 e. The van der Waals surface area contributed by atoms with Crippen LogP contribution in [0.2, 0.25) is 0 Å². The Bertz CT molecular complexity index is 2720. The molecule has 5 nitrogen and oxygen atoms in total. The van der Waals surface area contributed by atoms with Gasteiger partial charge in [-0.2, -0.15) is 10.5 Å². The largest absolute Gasteiger partial charge is 0.497 e. The molecule has 0 unspecified atom stereocenters. The van der Waals surface area contributed by atoms with Crippen LogP contribution < -0.4 is 25.9 Å². The molecule has 1 heterocycles. The molecule has 0 amide bonds. The Morgan fingerprint density at radius 2 is 0.793 bits per heavy atom. The zero-order chi connectivity index (χ0) is 42.1. The Balaban J connectivity index is 1.46. The van der Waals surface area contributed by atoms with Crippen LogP contribution in [-0.4, -0.2) is 25.5 Å². The van der Waals surface area contributed by atoms with E-state index in [2.05, 4.69) is 148 Å². The molecule has 0 radical (unpaired) electrons. The average Bonchev–Trinajstić information content (AvgIpc) is 3.55. The van der Waals surface area contributed by atoms with Crippen LogP contribution in [0.3, 0.4) is 0 Å². The number of hydrogen-bond acceptors (Lipinski definition) is 4. The van der Waals surface area contributed by atoms with Crippen molar-refractivity contribution in [3.63, 3.8) is 0 Å². The van der Waals surface area contributed by atoms with Crippen LogP contribution in [0.15, 0.2) is 60.7 Å². The van der Waals surface area contributed by atoms with Gasteiger partial charge in [-0.3, -0.25) is 0 Å². The van der Waals surface area contributed by atoms with Gasteiger partial charge in [0.2, 0.25) is 6.71 Å². The molecule has 0 aliphatic heterocycles. The summed E-state index contributed by atoms with van der Waals surface area (Å²) in [5, 5.41) is 22.7. The van der Waals surface area contributed by atoms with Gasteiger partial charge >= 0.3 is 0 Å². The lowest BCUT2D eigenvalue weighted by atomic mass is 9.32. The molecule has 0 saturated heterocycles. The number of ether oxygens (including phenoxy) is 2. The van der Waals surface area contributed by atoms with Gasteiger partial charge in [-0.1, -0.05) is 61.9 Å². The van der Waals surface area contributed by atoms with Gasteiger partial charge in [0.25, 0.3) is 0 Å². The third-order valence-electron chi connectivity index (χ3n) is 13.7. The van der Waals surface area contributed by atoms with Crippen molar-refractivity contribution in [1.82, 2.24) is 4.57 Å². The number of rotatable bonds is 7. The number of nitrogens with zero attached hydrogens (tertiary/aromatic N) is 3. The van der Waals surface area contributed by atoms with Crippen molar-refractivity contribution < 1.29 is 9.47 Å². The van der Waals surface area contributed by atoms with Crippen LogP contribution in [0.1, 0.15) is 77.9 Å². The summed E-state index contributed by atoms with van der Waals surface area (Å²) in [5.74, 6) is 1.63. The second kappa shape index (κ2) is 14.9. The fraction of sp³-hybridized carbons (Fsp3) is 0.269. The third kappa shape index (κ3) is 5.89. The zero-order valence-corrected chi connectivity index (χ0v) is 36.5. The van der Waals surface area contributed by atoms with E-state index in [1.807, 2.05) is 12.1 Å². The van der Waals surface area contributed by atoms with E-state index in [0.29, 0.717) is 0 Å². The molecule has 0 saturated carbocycles. The van der Waals surface area contributed by atoms with Crippen molar-refractivity contribution in [3.8, 4) is 40.5 Å². The molecule has 0 bridgehead atoms. The number of benzene rings is 6. The van der Waals surface area contributed by atoms with Crippen LogP contribution in [-0.2, 0) is 0 Å². The monoisotopic (exact) mass is 761 g/mol. The van der Waals surface area contributed by atoms with Gasteiger partial charge in [-0.05, 0) is 176 Å². The van der Waals surface area contributed by atoms with E-state index in [0.717, 1.165) is 94.6 Å². The minimum Gasteiger partial charge on any atom is -0.497 e. The Hall–Kier alpha value is -6.24. The van der Waals surface area contributed by atoms with Gasteiger partial charge in [0.05, 0.1) is 48.5 Å². The van der Waals surface area contributed by atoms with E-state index in [4.69, 9.17) is 9.47 Å². The first-order valence-electron chi connectivity index (χ1n) is 20.0. The summed E-state index contributed by atoms with van der Waals surface area (Å²) >= 11 is 0. The highest BCUT2D eigenvalue weighted by atomic mass is 16.5. The van der Waals surface area contributed by atoms with Gasteiger partial charge in [-0.15, -0.1) is 0 Å². The molecule has 0 fully saturated rings. The molecule has 6 aromatic carbocycles. The molecule has 0 aliphatic rings. The van der Waals surface area contributed by atoms with Gasteiger partial charge in [0, 0.05) is 16.5 Å². The van der Waals surface area contributed by atoms with Gasteiger partial charge in [-0.25, -0.2) is 0 Å². The number of fused-ring (bicyclic) bond motifs is 3. The number of hydrogen-bond donors (Lipinski definition) is 0. The van der Waals surface area contributed by atoms with E-state index in [1.54, 1.807) is 14.2 Å². The Labute approximate surface area is 344 Å². The SMILES string of the molecule is COc1ccc2c(c1)c1cc(OC)ccc1n2-c1ccc(-c2c(C)c(C)c(B(c3c(C)c(C)c(C#N)c(C)c3C)c3c(C)c(C)c(C#N)c(C)c3C)c(C)c2C)cc1. The molecular weight excluding hydrogens is 709 g/mol. The van der Waals surface area contributed by atoms with E-state index in [1.165, 1.54) is 49.8 Å². The summed E-state index contributed by atoms with van der Waals surface area (Å²) in [6, 6.07) is 26.5. The van der Waals surface area contributed by atoms with Crippen molar-refractivity contribution in [2.24, 2.45) is 0 Å². The molecule has 0 aliphatic carbocycles. The van der Waals surface area contributed by atoms with Crippen molar-refractivity contribution in [2.75, 3.05) is 14.2 Å². The summed E-state index contributed by atoms with van der Waals surface area (Å²) < 4.78 is 13.6. The van der Waals surface area contributed by atoms with E-state index >= 15 is 0 Å². The van der Waals surface area contributed by atoms with Crippen LogP contribution >= 0.6 is 0 Å². The molecule has 0 spiro atoms. The van der Waals surface area contributed by atoms with Crippen molar-refractivity contribution in [3.05, 3.63) is 139 Å². The Morgan fingerprint density at radius 3 is 1.12 bits per heavy atom. The highest BCUT2D eigenvalue weighted by Gasteiger charge is 2.35. The molecule has 1 aromatic heterocycles. The summed E-state index contributed by atoms with van der Waals surface area (Å²) in [6.45, 7) is 26.1. The fourth-order valence-corrected chi connectivity index (χ4v) is 9.82. The molecule has 6 heteroatoms. The number of nitriles is 2. The third-order valence-corrected chi connectivity index (χ3v) is 13.7. The first-order chi connectivity index (χ1) is 27.6. The standard InChI is InChI=1S/C52H52BN3O2/c1-27-33(7)50(34(8)28(2)45(27)25-54)53(51-35(9)29(3)46(26-55)30(4)36(51)10)52-37(11)31(5)49(32(6)38(52)12)39-15-17-40(18-16-39)56-47-21-19-41(57-13)23-43(47)44-24-42(58-14)20-22-48(44)56/h15-24H,1-14H3. The quantitative estimate of drug-likeness (QED) is 0.152.